The second-order valence-corrected chi connectivity index (χ2v) is 5.06. The SMILES string of the molecule is COc1ccc(C(=O)O)cc1CSc1nc(N)cc(N)n1. The van der Waals surface area contributed by atoms with Gasteiger partial charge in [-0.15, -0.1) is 0 Å². The Morgan fingerprint density at radius 1 is 1.29 bits per heavy atom. The zero-order valence-corrected chi connectivity index (χ0v) is 12.1. The van der Waals surface area contributed by atoms with Gasteiger partial charge >= 0.3 is 5.97 Å². The minimum atomic E-state index is -0.992. The van der Waals surface area contributed by atoms with Crippen molar-refractivity contribution in [1.29, 1.82) is 0 Å². The third-order valence-corrected chi connectivity index (χ3v) is 3.53. The summed E-state index contributed by atoms with van der Waals surface area (Å²) >= 11 is 1.30. The molecular formula is C13H14N4O3S. The van der Waals surface area contributed by atoms with Crippen molar-refractivity contribution in [3.8, 4) is 5.75 Å². The number of methoxy groups -OCH3 is 1. The molecule has 8 heteroatoms. The van der Waals surface area contributed by atoms with Gasteiger partial charge in [0, 0.05) is 17.4 Å². The fourth-order valence-electron chi connectivity index (χ4n) is 1.69. The number of anilines is 2. The van der Waals surface area contributed by atoms with Gasteiger partial charge < -0.3 is 21.3 Å². The Balaban J connectivity index is 2.21. The Hall–Kier alpha value is -2.48. The van der Waals surface area contributed by atoms with Crippen molar-refractivity contribution >= 4 is 29.4 Å². The van der Waals surface area contributed by atoms with Crippen LogP contribution in [0.15, 0.2) is 29.4 Å². The molecule has 0 unspecified atom stereocenters. The molecule has 2 aromatic rings. The van der Waals surface area contributed by atoms with Crippen LogP contribution in [-0.4, -0.2) is 28.2 Å². The summed E-state index contributed by atoms with van der Waals surface area (Å²) in [6.45, 7) is 0. The standard InChI is InChI=1S/C13H14N4O3S/c1-20-9-3-2-7(12(18)19)4-8(9)6-21-13-16-10(14)5-11(15)17-13/h2-5H,6H2,1H3,(H,18,19)(H4,14,15,16,17). The van der Waals surface area contributed by atoms with Gasteiger partial charge in [0.05, 0.1) is 12.7 Å². The molecule has 0 bridgehead atoms. The van der Waals surface area contributed by atoms with Gasteiger partial charge in [-0.05, 0) is 18.2 Å². The lowest BCUT2D eigenvalue weighted by Gasteiger charge is -2.09. The number of rotatable bonds is 5. The first-order chi connectivity index (χ1) is 9.99. The molecule has 21 heavy (non-hydrogen) atoms. The fraction of sp³-hybridized carbons (Fsp3) is 0.154. The molecule has 0 aliphatic rings. The Labute approximate surface area is 125 Å². The van der Waals surface area contributed by atoms with Gasteiger partial charge in [0.1, 0.15) is 17.4 Å². The molecule has 110 valence electrons. The molecule has 0 atom stereocenters. The largest absolute Gasteiger partial charge is 0.496 e. The highest BCUT2D eigenvalue weighted by Gasteiger charge is 2.10. The summed E-state index contributed by atoms with van der Waals surface area (Å²) < 4.78 is 5.22. The van der Waals surface area contributed by atoms with Gasteiger partial charge in [0.25, 0.3) is 0 Å². The molecule has 7 nitrogen and oxygen atoms in total. The van der Waals surface area contributed by atoms with E-state index >= 15 is 0 Å². The van der Waals surface area contributed by atoms with Gasteiger partial charge in [-0.3, -0.25) is 0 Å². The predicted octanol–water partition coefficient (Wildman–Crippen LogP) is 1.64. The molecule has 0 spiro atoms. The van der Waals surface area contributed by atoms with E-state index in [2.05, 4.69) is 9.97 Å². The molecule has 0 amide bonds. The van der Waals surface area contributed by atoms with Crippen LogP contribution in [0.4, 0.5) is 11.6 Å². The van der Waals surface area contributed by atoms with Crippen molar-refractivity contribution in [1.82, 2.24) is 9.97 Å². The molecule has 1 aromatic heterocycles. The number of nitrogens with two attached hydrogens (primary N) is 2. The van der Waals surface area contributed by atoms with E-state index in [-0.39, 0.29) is 17.2 Å². The number of aromatic carboxylic acids is 1. The van der Waals surface area contributed by atoms with Crippen LogP contribution in [-0.2, 0) is 5.75 Å². The van der Waals surface area contributed by atoms with Crippen LogP contribution in [0.25, 0.3) is 0 Å². The lowest BCUT2D eigenvalue weighted by Crippen LogP contribution is -2.01. The normalized spacial score (nSPS) is 10.3. The van der Waals surface area contributed by atoms with Crippen molar-refractivity contribution in [2.45, 2.75) is 10.9 Å². The number of aromatic nitrogens is 2. The number of carbonyl (C=O) groups is 1. The van der Waals surface area contributed by atoms with Crippen molar-refractivity contribution in [2.75, 3.05) is 18.6 Å². The number of carboxylic acids is 1. The van der Waals surface area contributed by atoms with Gasteiger partial charge in [0.2, 0.25) is 0 Å². The van der Waals surface area contributed by atoms with E-state index in [0.717, 1.165) is 5.56 Å². The molecule has 0 saturated carbocycles. The van der Waals surface area contributed by atoms with Gasteiger partial charge in [0.15, 0.2) is 5.16 Å². The number of hydrogen-bond acceptors (Lipinski definition) is 7. The average molecular weight is 306 g/mol. The number of nitrogens with zero attached hydrogens (tertiary/aromatic N) is 2. The summed E-state index contributed by atoms with van der Waals surface area (Å²) in [5, 5.41) is 9.45. The minimum absolute atomic E-state index is 0.194. The third kappa shape index (κ3) is 3.76. The zero-order chi connectivity index (χ0) is 15.4. The summed E-state index contributed by atoms with van der Waals surface area (Å²) in [4.78, 5) is 19.1. The number of carboxylic acid groups (broad SMARTS) is 1. The Bertz CT molecular complexity index is 658. The molecule has 0 aliphatic heterocycles. The van der Waals surface area contributed by atoms with E-state index < -0.39 is 5.97 Å². The summed E-state index contributed by atoms with van der Waals surface area (Å²) in [6.07, 6.45) is 0. The van der Waals surface area contributed by atoms with Crippen LogP contribution in [0.2, 0.25) is 0 Å². The predicted molar refractivity (Wildman–Crippen MR) is 80.4 cm³/mol. The molecule has 0 fully saturated rings. The van der Waals surface area contributed by atoms with Crippen LogP contribution in [0.3, 0.4) is 0 Å². The molecule has 0 aliphatic carbocycles. The second kappa shape index (κ2) is 6.31. The minimum Gasteiger partial charge on any atom is -0.496 e. The number of thioether (sulfide) groups is 1. The van der Waals surface area contributed by atoms with Crippen molar-refractivity contribution in [3.63, 3.8) is 0 Å². The Morgan fingerprint density at radius 3 is 2.52 bits per heavy atom. The summed E-state index contributed by atoms with van der Waals surface area (Å²) in [6, 6.07) is 6.14. The Kier molecular flexibility index (Phi) is 4.49. The lowest BCUT2D eigenvalue weighted by molar-refractivity contribution is 0.0696. The Morgan fingerprint density at radius 2 is 1.95 bits per heavy atom. The van der Waals surface area contributed by atoms with Crippen molar-refractivity contribution < 1.29 is 14.6 Å². The van der Waals surface area contributed by atoms with Crippen LogP contribution >= 0.6 is 11.8 Å². The quantitative estimate of drug-likeness (QED) is 0.562. The van der Waals surface area contributed by atoms with Gasteiger partial charge in [-0.1, -0.05) is 11.8 Å². The van der Waals surface area contributed by atoms with Crippen LogP contribution < -0.4 is 16.2 Å². The van der Waals surface area contributed by atoms with E-state index in [1.165, 1.54) is 31.0 Å². The molecule has 0 radical (unpaired) electrons. The highest BCUT2D eigenvalue weighted by Crippen LogP contribution is 2.28. The summed E-state index contributed by atoms with van der Waals surface area (Å²) in [5.74, 6) is 0.623. The topological polar surface area (TPSA) is 124 Å². The van der Waals surface area contributed by atoms with Gasteiger partial charge in [-0.2, -0.15) is 0 Å². The average Bonchev–Trinajstić information content (AvgIpc) is 2.43. The molecular weight excluding hydrogens is 292 g/mol. The highest BCUT2D eigenvalue weighted by atomic mass is 32.2. The molecule has 1 heterocycles. The lowest BCUT2D eigenvalue weighted by atomic mass is 10.1. The first-order valence-corrected chi connectivity index (χ1v) is 6.91. The molecule has 0 saturated heterocycles. The first-order valence-electron chi connectivity index (χ1n) is 5.92. The molecule has 2 rings (SSSR count). The highest BCUT2D eigenvalue weighted by molar-refractivity contribution is 7.98. The maximum absolute atomic E-state index is 11.0. The van der Waals surface area contributed by atoms with Crippen molar-refractivity contribution in [3.05, 3.63) is 35.4 Å². The van der Waals surface area contributed by atoms with E-state index in [1.54, 1.807) is 12.1 Å². The number of benzene rings is 1. The second-order valence-electron chi connectivity index (χ2n) is 4.12. The number of ether oxygens (including phenoxy) is 1. The summed E-state index contributed by atoms with van der Waals surface area (Å²) in [7, 11) is 1.53. The van der Waals surface area contributed by atoms with E-state index in [4.69, 9.17) is 21.3 Å². The monoisotopic (exact) mass is 306 g/mol. The molecule has 1 aromatic carbocycles. The zero-order valence-electron chi connectivity index (χ0n) is 11.2. The van der Waals surface area contributed by atoms with E-state index in [1.807, 2.05) is 0 Å². The van der Waals surface area contributed by atoms with E-state index in [9.17, 15) is 4.79 Å². The molecule has 5 N–H and O–H groups in total. The first kappa shape index (κ1) is 14.9. The maximum atomic E-state index is 11.0. The van der Waals surface area contributed by atoms with Crippen LogP contribution in [0.1, 0.15) is 15.9 Å². The van der Waals surface area contributed by atoms with Crippen LogP contribution in [0, 0.1) is 0 Å². The third-order valence-electron chi connectivity index (χ3n) is 2.63. The maximum Gasteiger partial charge on any atom is 0.335 e. The van der Waals surface area contributed by atoms with Gasteiger partial charge in [-0.25, -0.2) is 14.8 Å². The summed E-state index contributed by atoms with van der Waals surface area (Å²) in [5.41, 5.74) is 12.1. The number of nitrogen functional groups attached to an aromatic ring is 2. The van der Waals surface area contributed by atoms with Crippen LogP contribution in [0.5, 0.6) is 5.75 Å². The van der Waals surface area contributed by atoms with Crippen molar-refractivity contribution in [2.24, 2.45) is 0 Å². The smallest absolute Gasteiger partial charge is 0.335 e. The number of hydrogen-bond donors (Lipinski definition) is 3. The fourth-order valence-corrected chi connectivity index (χ4v) is 2.54. The van der Waals surface area contributed by atoms with E-state index in [0.29, 0.717) is 16.7 Å².